The summed E-state index contributed by atoms with van der Waals surface area (Å²) in [6.07, 6.45) is 3.89. The lowest BCUT2D eigenvalue weighted by molar-refractivity contribution is -0.131. The van der Waals surface area contributed by atoms with Crippen molar-refractivity contribution in [3.8, 4) is 5.75 Å². The molecule has 1 aromatic carbocycles. The molecule has 0 atom stereocenters. The average Bonchev–Trinajstić information content (AvgIpc) is 2.91. The van der Waals surface area contributed by atoms with Crippen LogP contribution < -0.4 is 4.74 Å². The molecule has 1 aliphatic heterocycles. The summed E-state index contributed by atoms with van der Waals surface area (Å²) in [5.41, 5.74) is 1.72. The number of carbonyl (C=O) groups excluding carboxylic acids is 1. The van der Waals surface area contributed by atoms with Crippen molar-refractivity contribution in [2.75, 3.05) is 7.11 Å². The van der Waals surface area contributed by atoms with Crippen LogP contribution in [0.25, 0.3) is 17.0 Å². The molecule has 2 aromatic rings. The van der Waals surface area contributed by atoms with Crippen molar-refractivity contribution in [3.05, 3.63) is 47.7 Å². The van der Waals surface area contributed by atoms with Gasteiger partial charge in [0.2, 0.25) is 0 Å². The zero-order valence-electron chi connectivity index (χ0n) is 10.7. The molecule has 20 heavy (non-hydrogen) atoms. The van der Waals surface area contributed by atoms with Crippen molar-refractivity contribution in [1.29, 1.82) is 0 Å². The predicted octanol–water partition coefficient (Wildman–Crippen LogP) is 2.33. The third-order valence-electron chi connectivity index (χ3n) is 3.21. The third kappa shape index (κ3) is 1.64. The summed E-state index contributed by atoms with van der Waals surface area (Å²) in [5.74, 6) is -0.725. The molecule has 100 valence electrons. The Morgan fingerprint density at radius 3 is 2.80 bits per heavy atom. The Labute approximate surface area is 114 Å². The highest BCUT2D eigenvalue weighted by Gasteiger charge is 2.27. The first-order valence-corrected chi connectivity index (χ1v) is 5.98. The molecule has 0 spiro atoms. The van der Waals surface area contributed by atoms with E-state index in [2.05, 4.69) is 0 Å². The van der Waals surface area contributed by atoms with E-state index in [1.807, 2.05) is 24.3 Å². The van der Waals surface area contributed by atoms with E-state index >= 15 is 0 Å². The van der Waals surface area contributed by atoms with Gasteiger partial charge >= 0.3 is 5.97 Å². The van der Waals surface area contributed by atoms with E-state index in [-0.39, 0.29) is 5.91 Å². The summed E-state index contributed by atoms with van der Waals surface area (Å²) < 4.78 is 6.91. The van der Waals surface area contributed by atoms with Gasteiger partial charge in [0.15, 0.2) is 5.75 Å². The zero-order chi connectivity index (χ0) is 14.3. The Morgan fingerprint density at radius 1 is 1.35 bits per heavy atom. The number of nitrogens with zero attached hydrogens (tertiary/aromatic N) is 1. The number of aromatic nitrogens is 1. The van der Waals surface area contributed by atoms with Crippen molar-refractivity contribution < 1.29 is 19.4 Å². The molecule has 1 N–H and O–H groups in total. The number of ether oxygens (including phenoxy) is 1. The largest absolute Gasteiger partial charge is 0.494 e. The lowest BCUT2D eigenvalue weighted by Crippen LogP contribution is -2.07. The molecule has 0 amide bonds. The fourth-order valence-electron chi connectivity index (χ4n) is 2.41. The van der Waals surface area contributed by atoms with Gasteiger partial charge in [-0.25, -0.2) is 4.79 Å². The normalized spacial score (nSPS) is 13.8. The van der Waals surface area contributed by atoms with E-state index in [4.69, 9.17) is 9.84 Å². The van der Waals surface area contributed by atoms with Gasteiger partial charge in [-0.05, 0) is 24.3 Å². The highest BCUT2D eigenvalue weighted by molar-refractivity contribution is 6.14. The molecule has 0 radical (unpaired) electrons. The molecule has 5 heteroatoms. The minimum absolute atomic E-state index is 0.253. The molecule has 2 heterocycles. The summed E-state index contributed by atoms with van der Waals surface area (Å²) in [7, 11) is 1.55. The van der Waals surface area contributed by atoms with E-state index in [1.165, 1.54) is 10.6 Å². The van der Waals surface area contributed by atoms with E-state index in [0.717, 1.165) is 17.0 Å². The van der Waals surface area contributed by atoms with Gasteiger partial charge in [-0.15, -0.1) is 0 Å². The van der Waals surface area contributed by atoms with Crippen molar-refractivity contribution >= 4 is 28.9 Å². The van der Waals surface area contributed by atoms with Crippen LogP contribution in [0.4, 0.5) is 0 Å². The van der Waals surface area contributed by atoms with Gasteiger partial charge in [0.25, 0.3) is 5.91 Å². The number of methoxy groups -OCH3 is 1. The highest BCUT2D eigenvalue weighted by Crippen LogP contribution is 2.38. The standard InChI is InChI=1S/C15H11NO4/c1-20-14-10-4-2-3-5-11(10)16-12(14)8-9(15(16)19)6-7-13(17)18/h2-8H,1H3,(H,17,18). The lowest BCUT2D eigenvalue weighted by Gasteiger charge is -1.99. The molecule has 0 saturated heterocycles. The molecule has 1 aliphatic rings. The Hall–Kier alpha value is -2.82. The summed E-state index contributed by atoms with van der Waals surface area (Å²) in [4.78, 5) is 22.9. The number of carboxylic acid groups (broad SMARTS) is 1. The molecule has 0 saturated carbocycles. The number of aliphatic carboxylic acids is 1. The minimum atomic E-state index is -1.09. The summed E-state index contributed by atoms with van der Waals surface area (Å²) in [6.45, 7) is 0. The molecule has 0 bridgehead atoms. The molecule has 3 rings (SSSR count). The Morgan fingerprint density at radius 2 is 2.10 bits per heavy atom. The number of carbonyl (C=O) groups is 2. The molecule has 0 unspecified atom stereocenters. The van der Waals surface area contributed by atoms with Gasteiger partial charge in [-0.1, -0.05) is 12.1 Å². The maximum atomic E-state index is 12.3. The van der Waals surface area contributed by atoms with Gasteiger partial charge in [0.1, 0.15) is 0 Å². The monoisotopic (exact) mass is 269 g/mol. The van der Waals surface area contributed by atoms with E-state index in [1.54, 1.807) is 13.2 Å². The first-order chi connectivity index (χ1) is 9.63. The molecule has 0 fully saturated rings. The van der Waals surface area contributed by atoms with Crippen LogP contribution in [0.1, 0.15) is 10.5 Å². The van der Waals surface area contributed by atoms with E-state index in [0.29, 0.717) is 17.0 Å². The first-order valence-electron chi connectivity index (χ1n) is 5.98. The van der Waals surface area contributed by atoms with Crippen molar-refractivity contribution in [3.63, 3.8) is 0 Å². The summed E-state index contributed by atoms with van der Waals surface area (Å²) in [6, 6.07) is 7.43. The number of hydrogen-bond acceptors (Lipinski definition) is 3. The van der Waals surface area contributed by atoms with Crippen molar-refractivity contribution in [2.45, 2.75) is 0 Å². The fraction of sp³-hybridized carbons (Fsp3) is 0.0667. The Kier molecular flexibility index (Phi) is 2.68. The summed E-state index contributed by atoms with van der Waals surface area (Å²) in [5, 5.41) is 9.50. The van der Waals surface area contributed by atoms with Gasteiger partial charge in [-0.3, -0.25) is 9.36 Å². The van der Waals surface area contributed by atoms with Crippen LogP contribution in [0, 0.1) is 0 Å². The third-order valence-corrected chi connectivity index (χ3v) is 3.21. The number of benzene rings is 1. The van der Waals surface area contributed by atoms with E-state index in [9.17, 15) is 9.59 Å². The van der Waals surface area contributed by atoms with Crippen LogP contribution in [0.3, 0.4) is 0 Å². The number of rotatable bonds is 3. The zero-order valence-corrected chi connectivity index (χ0v) is 10.7. The molecular weight excluding hydrogens is 258 g/mol. The molecule has 5 nitrogen and oxygen atoms in total. The fourth-order valence-corrected chi connectivity index (χ4v) is 2.41. The SMILES string of the molecule is COc1c2n(c3ccccc13)C(=O)C(C=CC(=O)O)=C2. The molecular formula is C15H11NO4. The van der Waals surface area contributed by atoms with Gasteiger partial charge in [0.05, 0.1) is 18.3 Å². The number of hydrogen-bond donors (Lipinski definition) is 1. The Balaban J connectivity index is 2.21. The quantitative estimate of drug-likeness (QED) is 0.868. The minimum Gasteiger partial charge on any atom is -0.494 e. The van der Waals surface area contributed by atoms with Crippen LogP contribution >= 0.6 is 0 Å². The van der Waals surface area contributed by atoms with Gasteiger partial charge in [0, 0.05) is 17.0 Å². The van der Waals surface area contributed by atoms with Crippen LogP contribution in [-0.2, 0) is 4.79 Å². The number of carboxylic acids is 1. The van der Waals surface area contributed by atoms with Gasteiger partial charge in [-0.2, -0.15) is 0 Å². The Bertz CT molecular complexity index is 796. The maximum absolute atomic E-state index is 12.3. The second kappa shape index (κ2) is 4.38. The predicted molar refractivity (Wildman–Crippen MR) is 73.9 cm³/mol. The number of allylic oxidation sites excluding steroid dienone is 2. The smallest absolute Gasteiger partial charge is 0.328 e. The highest BCUT2D eigenvalue weighted by atomic mass is 16.5. The second-order valence-electron chi connectivity index (χ2n) is 4.35. The number of para-hydroxylation sites is 1. The van der Waals surface area contributed by atoms with Gasteiger partial charge < -0.3 is 9.84 Å². The summed E-state index contributed by atoms with van der Waals surface area (Å²) >= 11 is 0. The van der Waals surface area contributed by atoms with Crippen LogP contribution in [0.15, 0.2) is 42.0 Å². The topological polar surface area (TPSA) is 68.5 Å². The van der Waals surface area contributed by atoms with E-state index < -0.39 is 5.97 Å². The molecule has 0 aliphatic carbocycles. The first kappa shape index (κ1) is 12.2. The van der Waals surface area contributed by atoms with Crippen molar-refractivity contribution in [1.82, 2.24) is 4.57 Å². The van der Waals surface area contributed by atoms with Crippen LogP contribution in [0.5, 0.6) is 5.75 Å². The van der Waals surface area contributed by atoms with Crippen molar-refractivity contribution in [2.24, 2.45) is 0 Å². The molecule has 1 aromatic heterocycles. The lowest BCUT2D eigenvalue weighted by atomic mass is 10.2. The number of fused-ring (bicyclic) bond motifs is 3. The van der Waals surface area contributed by atoms with Crippen LogP contribution in [-0.4, -0.2) is 28.7 Å². The average molecular weight is 269 g/mol. The second-order valence-corrected chi connectivity index (χ2v) is 4.35. The van der Waals surface area contributed by atoms with Crippen LogP contribution in [0.2, 0.25) is 0 Å². The maximum Gasteiger partial charge on any atom is 0.328 e.